The van der Waals surface area contributed by atoms with Crippen LogP contribution in [0.5, 0.6) is 0 Å². The molecule has 0 spiro atoms. The summed E-state index contributed by atoms with van der Waals surface area (Å²) in [4.78, 5) is 4.95. The van der Waals surface area contributed by atoms with Gasteiger partial charge in [-0.1, -0.05) is 25.6 Å². The Kier molecular flexibility index (Phi) is 5.90. The summed E-state index contributed by atoms with van der Waals surface area (Å²) >= 11 is 1.59. The van der Waals surface area contributed by atoms with Crippen molar-refractivity contribution >= 4 is 21.6 Å². The van der Waals surface area contributed by atoms with E-state index in [1.54, 1.807) is 40.7 Å². The van der Waals surface area contributed by atoms with Crippen molar-refractivity contribution < 1.29 is 8.42 Å². The Morgan fingerprint density at radius 3 is 2.43 bits per heavy atom. The van der Waals surface area contributed by atoms with Crippen LogP contribution in [0.25, 0.3) is 5.69 Å². The number of hydrogen-bond donors (Lipinski definition) is 0. The number of thioether (sulfide) groups is 1. The molecule has 0 amide bonds. The summed E-state index contributed by atoms with van der Waals surface area (Å²) < 4.78 is 27.1. The highest BCUT2D eigenvalue weighted by atomic mass is 32.2. The second-order valence-corrected chi connectivity index (χ2v) is 10.1. The molecule has 8 nitrogen and oxygen atoms in total. The maximum atomic E-state index is 11.6. The standard InChI is InChI=1S/C18H24N6O2S2/c1-12(2)10-23-14(4)13(3)19-18(23)27-11-17-20-21-22-24(17)15-6-8-16(9-7-15)28(5,25)26/h6-9,12H,10-11H2,1-5H3. The number of aryl methyl sites for hydroxylation is 1. The molecule has 0 aliphatic carbocycles. The molecule has 0 aliphatic heterocycles. The Morgan fingerprint density at radius 2 is 1.82 bits per heavy atom. The highest BCUT2D eigenvalue weighted by Crippen LogP contribution is 2.25. The van der Waals surface area contributed by atoms with Crippen LogP contribution in [0.2, 0.25) is 0 Å². The van der Waals surface area contributed by atoms with E-state index in [0.29, 0.717) is 23.2 Å². The van der Waals surface area contributed by atoms with Crippen molar-refractivity contribution in [1.29, 1.82) is 0 Å². The lowest BCUT2D eigenvalue weighted by atomic mass is 10.2. The average Bonchev–Trinajstić information content (AvgIpc) is 3.19. The average molecular weight is 421 g/mol. The van der Waals surface area contributed by atoms with Crippen molar-refractivity contribution in [3.63, 3.8) is 0 Å². The van der Waals surface area contributed by atoms with E-state index >= 15 is 0 Å². The zero-order chi connectivity index (χ0) is 20.5. The molecular weight excluding hydrogens is 396 g/mol. The number of sulfone groups is 1. The van der Waals surface area contributed by atoms with Crippen LogP contribution in [0.3, 0.4) is 0 Å². The van der Waals surface area contributed by atoms with Crippen molar-refractivity contribution in [3.8, 4) is 5.69 Å². The summed E-state index contributed by atoms with van der Waals surface area (Å²) in [6, 6.07) is 6.53. The van der Waals surface area contributed by atoms with Gasteiger partial charge >= 0.3 is 0 Å². The lowest BCUT2D eigenvalue weighted by Crippen LogP contribution is -2.08. The zero-order valence-electron chi connectivity index (χ0n) is 16.6. The fraction of sp³-hybridized carbons (Fsp3) is 0.444. The maximum absolute atomic E-state index is 11.6. The van der Waals surface area contributed by atoms with Gasteiger partial charge < -0.3 is 4.57 Å². The monoisotopic (exact) mass is 420 g/mol. The molecular formula is C18H24N6O2S2. The first-order valence-electron chi connectivity index (χ1n) is 8.91. The van der Waals surface area contributed by atoms with Gasteiger partial charge in [0, 0.05) is 18.5 Å². The molecule has 28 heavy (non-hydrogen) atoms. The predicted molar refractivity (Wildman–Crippen MR) is 108 cm³/mol. The highest BCUT2D eigenvalue weighted by molar-refractivity contribution is 7.98. The first-order chi connectivity index (χ1) is 13.2. The van der Waals surface area contributed by atoms with Gasteiger partial charge in [0.15, 0.2) is 20.8 Å². The number of benzene rings is 1. The van der Waals surface area contributed by atoms with Crippen LogP contribution in [0.1, 0.15) is 31.1 Å². The molecule has 0 aliphatic rings. The molecule has 10 heteroatoms. The third-order valence-corrected chi connectivity index (χ3v) is 6.45. The number of imidazole rings is 1. The molecule has 3 rings (SSSR count). The third kappa shape index (κ3) is 4.44. The van der Waals surface area contributed by atoms with E-state index in [9.17, 15) is 8.42 Å². The van der Waals surface area contributed by atoms with E-state index in [1.807, 2.05) is 6.92 Å². The SMILES string of the molecule is Cc1nc(SCc2nnnn2-c2ccc(S(C)(=O)=O)cc2)n(CC(C)C)c1C. The molecule has 0 N–H and O–H groups in total. The van der Waals surface area contributed by atoms with Gasteiger partial charge in [-0.05, 0) is 54.5 Å². The quantitative estimate of drug-likeness (QED) is 0.542. The Labute approximate surface area is 169 Å². The van der Waals surface area contributed by atoms with Crippen molar-refractivity contribution in [2.24, 2.45) is 5.92 Å². The number of hydrogen-bond acceptors (Lipinski definition) is 7. The third-order valence-electron chi connectivity index (χ3n) is 4.34. The number of nitrogens with zero attached hydrogens (tertiary/aromatic N) is 6. The first kappa shape index (κ1) is 20.5. The van der Waals surface area contributed by atoms with Crippen LogP contribution >= 0.6 is 11.8 Å². The molecule has 1 aromatic carbocycles. The van der Waals surface area contributed by atoms with Gasteiger partial charge in [0.2, 0.25) is 0 Å². The summed E-state index contributed by atoms with van der Waals surface area (Å²) in [6.07, 6.45) is 1.18. The molecule has 0 radical (unpaired) electrons. The first-order valence-corrected chi connectivity index (χ1v) is 11.8. The predicted octanol–water partition coefficient (Wildman–Crippen LogP) is 2.83. The van der Waals surface area contributed by atoms with Crippen LogP contribution in [0.4, 0.5) is 0 Å². The molecule has 150 valence electrons. The normalized spacial score (nSPS) is 12.1. The number of tetrazole rings is 1. The summed E-state index contributed by atoms with van der Waals surface area (Å²) in [5, 5.41) is 12.9. The minimum absolute atomic E-state index is 0.266. The smallest absolute Gasteiger partial charge is 0.175 e. The fourth-order valence-corrected chi connectivity index (χ4v) is 4.41. The van der Waals surface area contributed by atoms with Crippen LogP contribution in [-0.2, 0) is 22.1 Å². The van der Waals surface area contributed by atoms with E-state index in [1.165, 1.54) is 11.9 Å². The zero-order valence-corrected chi connectivity index (χ0v) is 18.3. The van der Waals surface area contributed by atoms with Crippen LogP contribution in [-0.4, -0.2) is 44.4 Å². The van der Waals surface area contributed by atoms with Crippen LogP contribution in [0.15, 0.2) is 34.3 Å². The maximum Gasteiger partial charge on any atom is 0.175 e. The van der Waals surface area contributed by atoms with Crippen molar-refractivity contribution in [2.45, 2.75) is 50.0 Å². The van der Waals surface area contributed by atoms with E-state index in [0.717, 1.165) is 17.4 Å². The largest absolute Gasteiger partial charge is 0.323 e. The van der Waals surface area contributed by atoms with Gasteiger partial charge in [-0.3, -0.25) is 0 Å². The fourth-order valence-electron chi connectivity index (χ4n) is 2.77. The molecule has 0 atom stereocenters. The van der Waals surface area contributed by atoms with Crippen LogP contribution < -0.4 is 0 Å². The van der Waals surface area contributed by atoms with Crippen LogP contribution in [0, 0.1) is 19.8 Å². The van der Waals surface area contributed by atoms with Gasteiger partial charge in [0.05, 0.1) is 22.0 Å². The Hall–Kier alpha value is -2.20. The van der Waals surface area contributed by atoms with Crippen molar-refractivity contribution in [2.75, 3.05) is 6.26 Å². The Bertz CT molecular complexity index is 1070. The molecule has 0 unspecified atom stereocenters. The van der Waals surface area contributed by atoms with E-state index < -0.39 is 9.84 Å². The molecule has 3 aromatic rings. The van der Waals surface area contributed by atoms with Crippen molar-refractivity contribution in [3.05, 3.63) is 41.5 Å². The second-order valence-electron chi connectivity index (χ2n) is 7.13. The second kappa shape index (κ2) is 8.04. The lowest BCUT2D eigenvalue weighted by molar-refractivity contribution is 0.486. The minimum atomic E-state index is -3.24. The summed E-state index contributed by atoms with van der Waals surface area (Å²) in [7, 11) is -3.24. The summed E-state index contributed by atoms with van der Waals surface area (Å²) in [6.45, 7) is 9.38. The molecule has 0 saturated heterocycles. The number of rotatable bonds is 7. The lowest BCUT2D eigenvalue weighted by Gasteiger charge is -2.12. The number of aromatic nitrogens is 6. The molecule has 2 aromatic heterocycles. The summed E-state index contributed by atoms with van der Waals surface area (Å²) in [5.41, 5.74) is 2.91. The minimum Gasteiger partial charge on any atom is -0.323 e. The topological polar surface area (TPSA) is 95.6 Å². The molecule has 0 bridgehead atoms. The van der Waals surface area contributed by atoms with Gasteiger partial charge in [0.1, 0.15) is 0 Å². The Balaban J connectivity index is 1.82. The van der Waals surface area contributed by atoms with Gasteiger partial charge in [-0.15, -0.1) is 5.10 Å². The van der Waals surface area contributed by atoms with Gasteiger partial charge in [0.25, 0.3) is 0 Å². The van der Waals surface area contributed by atoms with Gasteiger partial charge in [-0.2, -0.15) is 4.68 Å². The van der Waals surface area contributed by atoms with E-state index in [2.05, 4.69) is 45.8 Å². The molecule has 0 saturated carbocycles. The van der Waals surface area contributed by atoms with E-state index in [-0.39, 0.29) is 4.90 Å². The molecule has 0 fully saturated rings. The van der Waals surface area contributed by atoms with Crippen molar-refractivity contribution in [1.82, 2.24) is 29.8 Å². The highest BCUT2D eigenvalue weighted by Gasteiger charge is 2.16. The van der Waals surface area contributed by atoms with Gasteiger partial charge in [-0.25, -0.2) is 13.4 Å². The summed E-state index contributed by atoms with van der Waals surface area (Å²) in [5.74, 6) is 1.74. The molecule has 2 heterocycles. The Morgan fingerprint density at radius 1 is 1.14 bits per heavy atom. The van der Waals surface area contributed by atoms with E-state index in [4.69, 9.17) is 0 Å².